The van der Waals surface area contributed by atoms with Gasteiger partial charge in [0.25, 0.3) is 0 Å². The van der Waals surface area contributed by atoms with Crippen LogP contribution < -0.4 is 0 Å². The van der Waals surface area contributed by atoms with E-state index in [1.165, 1.54) is 14.2 Å². The third-order valence-electron chi connectivity index (χ3n) is 4.50. The zero-order chi connectivity index (χ0) is 17.0. The normalized spacial score (nSPS) is 19.2. The molecule has 1 aliphatic carbocycles. The number of halogens is 1. The molecule has 1 atom stereocenters. The minimum atomic E-state index is -1.39. The van der Waals surface area contributed by atoms with Gasteiger partial charge in [-0.05, 0) is 30.9 Å². The van der Waals surface area contributed by atoms with E-state index in [1.54, 1.807) is 24.3 Å². The van der Waals surface area contributed by atoms with Gasteiger partial charge in [0.15, 0.2) is 11.2 Å². The zero-order valence-electron chi connectivity index (χ0n) is 13.1. The summed E-state index contributed by atoms with van der Waals surface area (Å²) in [5.74, 6) is -1.86. The van der Waals surface area contributed by atoms with Crippen LogP contribution in [0.25, 0.3) is 0 Å². The highest BCUT2D eigenvalue weighted by atomic mass is 35.5. The van der Waals surface area contributed by atoms with E-state index in [0.717, 1.165) is 0 Å². The molecule has 5 nitrogen and oxygen atoms in total. The molecule has 0 saturated heterocycles. The van der Waals surface area contributed by atoms with Crippen molar-refractivity contribution >= 4 is 29.3 Å². The molecule has 0 radical (unpaired) electrons. The van der Waals surface area contributed by atoms with Crippen LogP contribution in [0.2, 0.25) is 5.02 Å². The van der Waals surface area contributed by atoms with Crippen LogP contribution in [-0.2, 0) is 19.1 Å². The van der Waals surface area contributed by atoms with Crippen molar-refractivity contribution in [1.82, 2.24) is 0 Å². The van der Waals surface area contributed by atoms with Gasteiger partial charge >= 0.3 is 11.9 Å². The first-order chi connectivity index (χ1) is 11.0. The second-order valence-electron chi connectivity index (χ2n) is 5.68. The molecule has 1 fully saturated rings. The van der Waals surface area contributed by atoms with Crippen molar-refractivity contribution in [2.24, 2.45) is 11.3 Å². The van der Waals surface area contributed by atoms with Crippen LogP contribution in [0.15, 0.2) is 24.3 Å². The van der Waals surface area contributed by atoms with Crippen molar-refractivity contribution in [3.8, 4) is 0 Å². The minimum Gasteiger partial charge on any atom is -0.468 e. The summed E-state index contributed by atoms with van der Waals surface area (Å²) in [6, 6.07) is 6.62. The molecule has 23 heavy (non-hydrogen) atoms. The van der Waals surface area contributed by atoms with Gasteiger partial charge in [-0.2, -0.15) is 0 Å². The fraction of sp³-hybridized carbons (Fsp3) is 0.471. The maximum absolute atomic E-state index is 12.5. The average Bonchev–Trinajstić information content (AvgIpc) is 2.97. The lowest BCUT2D eigenvalue weighted by Gasteiger charge is -2.29. The molecule has 0 aromatic heterocycles. The van der Waals surface area contributed by atoms with Gasteiger partial charge in [-0.1, -0.05) is 30.2 Å². The summed E-state index contributed by atoms with van der Waals surface area (Å²) in [6.45, 7) is 0. The van der Waals surface area contributed by atoms with Crippen molar-refractivity contribution in [1.29, 1.82) is 0 Å². The Morgan fingerprint density at radius 2 is 1.87 bits per heavy atom. The Balaban J connectivity index is 2.28. The van der Waals surface area contributed by atoms with E-state index in [1.807, 2.05) is 0 Å². The summed E-state index contributed by atoms with van der Waals surface area (Å²) >= 11 is 5.91. The van der Waals surface area contributed by atoms with Crippen molar-refractivity contribution in [2.75, 3.05) is 14.2 Å². The lowest BCUT2D eigenvalue weighted by atomic mass is 9.75. The molecule has 1 aromatic rings. The van der Waals surface area contributed by atoms with Crippen LogP contribution in [0.3, 0.4) is 0 Å². The number of hydrogen-bond acceptors (Lipinski definition) is 5. The van der Waals surface area contributed by atoms with Crippen molar-refractivity contribution in [3.05, 3.63) is 34.9 Å². The summed E-state index contributed by atoms with van der Waals surface area (Å²) in [5, 5.41) is 0.467. The second kappa shape index (κ2) is 7.13. The largest absolute Gasteiger partial charge is 0.468 e. The Kier molecular flexibility index (Phi) is 5.42. The zero-order valence-corrected chi connectivity index (χ0v) is 13.9. The molecular formula is C17H19ClO5. The number of carbonyl (C=O) groups excluding carboxylic acids is 3. The molecule has 1 aromatic carbocycles. The number of rotatable bonds is 5. The molecule has 0 unspecified atom stereocenters. The average molecular weight is 339 g/mol. The summed E-state index contributed by atoms with van der Waals surface area (Å²) in [5.41, 5.74) is -0.925. The topological polar surface area (TPSA) is 69.7 Å². The number of methoxy groups -OCH3 is 2. The highest BCUT2D eigenvalue weighted by Gasteiger charge is 2.57. The number of benzene rings is 1. The third kappa shape index (κ3) is 3.24. The molecule has 0 N–H and O–H groups in total. The first-order valence-electron chi connectivity index (χ1n) is 7.41. The van der Waals surface area contributed by atoms with Gasteiger partial charge in [0, 0.05) is 17.0 Å². The summed E-state index contributed by atoms with van der Waals surface area (Å²) in [7, 11) is 2.47. The SMILES string of the molecule is COC(=O)C1(C(=O)OC)CCC[C@H]1CC(=O)c1cccc(Cl)c1. The number of hydrogen-bond donors (Lipinski definition) is 0. The van der Waals surface area contributed by atoms with Gasteiger partial charge < -0.3 is 9.47 Å². The first-order valence-corrected chi connectivity index (χ1v) is 7.79. The van der Waals surface area contributed by atoms with Crippen LogP contribution in [0, 0.1) is 11.3 Å². The van der Waals surface area contributed by atoms with Crippen molar-refractivity contribution in [2.45, 2.75) is 25.7 Å². The molecule has 124 valence electrons. The molecule has 1 saturated carbocycles. The van der Waals surface area contributed by atoms with Crippen molar-refractivity contribution in [3.63, 3.8) is 0 Å². The van der Waals surface area contributed by atoms with Crippen LogP contribution in [-0.4, -0.2) is 31.9 Å². The quantitative estimate of drug-likeness (QED) is 0.469. The van der Waals surface area contributed by atoms with Gasteiger partial charge in [0.1, 0.15) is 0 Å². The molecule has 0 heterocycles. The number of carbonyl (C=O) groups is 3. The monoisotopic (exact) mass is 338 g/mol. The smallest absolute Gasteiger partial charge is 0.323 e. The van der Waals surface area contributed by atoms with Gasteiger partial charge in [-0.15, -0.1) is 0 Å². The van der Waals surface area contributed by atoms with Crippen LogP contribution >= 0.6 is 11.6 Å². The van der Waals surface area contributed by atoms with E-state index < -0.39 is 23.3 Å². The van der Waals surface area contributed by atoms with E-state index in [9.17, 15) is 14.4 Å². The first kappa shape index (κ1) is 17.5. The van der Waals surface area contributed by atoms with Gasteiger partial charge in [-0.3, -0.25) is 14.4 Å². The summed E-state index contributed by atoms with van der Waals surface area (Å²) < 4.78 is 9.65. The maximum Gasteiger partial charge on any atom is 0.323 e. The number of esters is 2. The fourth-order valence-corrected chi connectivity index (χ4v) is 3.53. The number of ketones is 1. The molecule has 2 rings (SSSR count). The van der Waals surface area contributed by atoms with E-state index in [4.69, 9.17) is 21.1 Å². The van der Waals surface area contributed by atoms with E-state index in [2.05, 4.69) is 0 Å². The molecule has 6 heteroatoms. The highest BCUT2D eigenvalue weighted by molar-refractivity contribution is 6.31. The fourth-order valence-electron chi connectivity index (χ4n) is 3.34. The molecular weight excluding hydrogens is 320 g/mol. The van der Waals surface area contributed by atoms with Crippen LogP contribution in [0.5, 0.6) is 0 Å². The third-order valence-corrected chi connectivity index (χ3v) is 4.73. The van der Waals surface area contributed by atoms with E-state index >= 15 is 0 Å². The standard InChI is InChI=1S/C17H19ClO5/c1-22-15(20)17(16(21)23-2)8-4-6-12(17)10-14(19)11-5-3-7-13(18)9-11/h3,5,7,9,12H,4,6,8,10H2,1-2H3/t12-/m0/s1. The van der Waals surface area contributed by atoms with Gasteiger partial charge in [-0.25, -0.2) is 0 Å². The van der Waals surface area contributed by atoms with E-state index in [-0.39, 0.29) is 12.2 Å². The maximum atomic E-state index is 12.5. The molecule has 0 amide bonds. The summed E-state index contributed by atoms with van der Waals surface area (Å²) in [4.78, 5) is 37.0. The Morgan fingerprint density at radius 3 is 2.43 bits per heavy atom. The molecule has 0 aliphatic heterocycles. The Morgan fingerprint density at radius 1 is 1.22 bits per heavy atom. The Hall–Kier alpha value is -1.88. The van der Waals surface area contributed by atoms with Crippen LogP contribution in [0.4, 0.5) is 0 Å². The molecule has 0 bridgehead atoms. The Labute approximate surface area is 139 Å². The highest BCUT2D eigenvalue weighted by Crippen LogP contribution is 2.47. The minimum absolute atomic E-state index is 0.0740. The van der Waals surface area contributed by atoms with Crippen molar-refractivity contribution < 1.29 is 23.9 Å². The lowest BCUT2D eigenvalue weighted by Crippen LogP contribution is -2.44. The van der Waals surface area contributed by atoms with Crippen LogP contribution in [0.1, 0.15) is 36.0 Å². The number of Topliss-reactive ketones (excluding diaryl/α,β-unsaturated/α-hetero) is 1. The second-order valence-corrected chi connectivity index (χ2v) is 6.12. The number of ether oxygens (including phenoxy) is 2. The van der Waals surface area contributed by atoms with E-state index in [0.29, 0.717) is 29.8 Å². The van der Waals surface area contributed by atoms with Gasteiger partial charge in [0.05, 0.1) is 14.2 Å². The van der Waals surface area contributed by atoms with Gasteiger partial charge in [0.2, 0.25) is 0 Å². The Bertz CT molecular complexity index is 609. The molecule has 1 aliphatic rings. The molecule has 0 spiro atoms. The summed E-state index contributed by atoms with van der Waals surface area (Å²) in [6.07, 6.45) is 1.67. The lowest BCUT2D eigenvalue weighted by molar-refractivity contribution is -0.172. The predicted molar refractivity (Wildman–Crippen MR) is 84.2 cm³/mol. The predicted octanol–water partition coefficient (Wildman–Crippen LogP) is 3.05.